The molecule has 3 aromatic carbocycles. The molecule has 0 bridgehead atoms. The van der Waals surface area contributed by atoms with E-state index < -0.39 is 23.1 Å². The predicted molar refractivity (Wildman–Crippen MR) is 182 cm³/mol. The van der Waals surface area contributed by atoms with Crippen molar-refractivity contribution in [3.8, 4) is 22.8 Å². The number of pyridine rings is 1. The Hall–Kier alpha value is -4.55. The zero-order chi connectivity index (χ0) is 35.6. The fourth-order valence-electron chi connectivity index (χ4n) is 5.14. The van der Waals surface area contributed by atoms with E-state index >= 15 is 0 Å². The van der Waals surface area contributed by atoms with E-state index in [1.54, 1.807) is 31.2 Å². The molecule has 0 aliphatic rings. The molecular formula is C37H40ClFN2O8. The number of aliphatic hydroxyl groups excluding tert-OH is 1. The third kappa shape index (κ3) is 9.76. The van der Waals surface area contributed by atoms with E-state index in [4.69, 9.17) is 40.6 Å². The molecule has 1 amide bonds. The number of Topliss-reactive ketones (excluding diaryl/α,β-unsaturated/α-hetero) is 1. The van der Waals surface area contributed by atoms with Crippen LogP contribution in [0.3, 0.4) is 0 Å². The number of benzene rings is 3. The second-order valence-electron chi connectivity index (χ2n) is 11.8. The Bertz CT molecular complexity index is 1750. The highest BCUT2D eigenvalue weighted by Gasteiger charge is 2.34. The quantitative estimate of drug-likeness (QED) is 0.111. The highest BCUT2D eigenvalue weighted by atomic mass is 35.5. The fourth-order valence-corrected chi connectivity index (χ4v) is 5.32. The molecule has 0 spiro atoms. The smallest absolute Gasteiger partial charge is 0.408 e. The van der Waals surface area contributed by atoms with Gasteiger partial charge in [-0.2, -0.15) is 0 Å². The van der Waals surface area contributed by atoms with E-state index in [0.29, 0.717) is 33.9 Å². The van der Waals surface area contributed by atoms with Gasteiger partial charge in [0, 0.05) is 24.7 Å². The number of halogens is 2. The van der Waals surface area contributed by atoms with Crippen LogP contribution in [-0.2, 0) is 27.2 Å². The monoisotopic (exact) mass is 694 g/mol. The van der Waals surface area contributed by atoms with Crippen LogP contribution in [-0.4, -0.2) is 61.1 Å². The van der Waals surface area contributed by atoms with Gasteiger partial charge in [0.25, 0.3) is 0 Å². The Morgan fingerprint density at radius 3 is 2.41 bits per heavy atom. The molecule has 0 saturated heterocycles. The third-order valence-electron chi connectivity index (χ3n) is 7.93. The lowest BCUT2D eigenvalue weighted by Crippen LogP contribution is -2.47. The molecule has 2 unspecified atom stereocenters. The molecule has 0 aliphatic carbocycles. The van der Waals surface area contributed by atoms with Crippen molar-refractivity contribution >= 4 is 23.5 Å². The molecule has 260 valence electrons. The fraction of sp³-hybridized carbons (Fsp3) is 0.324. The molecular weight excluding hydrogens is 655 g/mol. The molecule has 1 aromatic heterocycles. The van der Waals surface area contributed by atoms with Crippen molar-refractivity contribution < 1.29 is 43.1 Å². The third-order valence-corrected chi connectivity index (χ3v) is 8.22. The number of nitrogens with zero attached hydrogens (tertiary/aromatic N) is 1. The number of carbonyl (C=O) groups excluding carboxylic acids is 2. The number of hydrogen-bond donors (Lipinski definition) is 3. The van der Waals surface area contributed by atoms with Crippen molar-refractivity contribution in [1.82, 2.24) is 10.3 Å². The second-order valence-corrected chi connectivity index (χ2v) is 12.2. The number of methoxy groups -OCH3 is 2. The molecule has 0 aliphatic heterocycles. The van der Waals surface area contributed by atoms with E-state index in [2.05, 4.69) is 5.32 Å². The number of ketones is 1. The largest absolute Gasteiger partial charge is 0.493 e. The minimum absolute atomic E-state index is 0.0149. The molecule has 4 rings (SSSR count). The Balaban J connectivity index is 1.65. The number of ether oxygens (including phenoxy) is 4. The van der Waals surface area contributed by atoms with Crippen molar-refractivity contribution in [2.75, 3.05) is 34.0 Å². The maximum atomic E-state index is 14.1. The normalized spacial score (nSPS) is 13.6. The number of aromatic nitrogens is 1. The highest BCUT2D eigenvalue weighted by molar-refractivity contribution is 6.31. The van der Waals surface area contributed by atoms with Crippen molar-refractivity contribution in [1.29, 1.82) is 0 Å². The maximum absolute atomic E-state index is 14.1. The molecule has 0 radical (unpaired) electrons. The zero-order valence-corrected chi connectivity index (χ0v) is 28.6. The molecule has 4 aromatic rings. The molecule has 0 saturated carbocycles. The lowest BCUT2D eigenvalue weighted by Gasteiger charge is -2.32. The number of carbonyl (C=O) groups is 2. The standard InChI is InChI=1S/C37H40ClFN2O8/c1-36(23-46-3,41-35(44)49-22-24-8-6-5-7-9-24)27-20-30(25-10-12-29(39)28(38)18-25)40-34(21-27)37(2,45)15-14-31(43)26-11-13-32(48-17-16-42)33(19-26)47-4/h5-13,18-21,42,45H,14-17,22-23H2,1-4H3,(H,41,44). The van der Waals surface area contributed by atoms with Gasteiger partial charge in [-0.1, -0.05) is 41.9 Å². The van der Waals surface area contributed by atoms with Crippen molar-refractivity contribution in [3.05, 3.63) is 112 Å². The van der Waals surface area contributed by atoms with Gasteiger partial charge in [-0.3, -0.25) is 4.79 Å². The van der Waals surface area contributed by atoms with Crippen molar-refractivity contribution in [2.24, 2.45) is 0 Å². The average molecular weight is 695 g/mol. The van der Waals surface area contributed by atoms with Crippen LogP contribution >= 0.6 is 11.6 Å². The first-order valence-corrected chi connectivity index (χ1v) is 15.9. The molecule has 0 fully saturated rings. The van der Waals surface area contributed by atoms with Gasteiger partial charge in [0.2, 0.25) is 0 Å². The van der Waals surface area contributed by atoms with E-state index in [1.807, 2.05) is 30.3 Å². The van der Waals surface area contributed by atoms with Crippen LogP contribution in [0, 0.1) is 5.82 Å². The van der Waals surface area contributed by atoms with Gasteiger partial charge >= 0.3 is 6.09 Å². The summed E-state index contributed by atoms with van der Waals surface area (Å²) in [5.41, 5.74) is -0.168. The van der Waals surface area contributed by atoms with Gasteiger partial charge in [0.1, 0.15) is 24.6 Å². The zero-order valence-electron chi connectivity index (χ0n) is 27.8. The highest BCUT2D eigenvalue weighted by Crippen LogP contribution is 2.35. The number of rotatable bonds is 16. The van der Waals surface area contributed by atoms with Gasteiger partial charge in [-0.25, -0.2) is 14.2 Å². The van der Waals surface area contributed by atoms with Gasteiger partial charge < -0.3 is 34.5 Å². The average Bonchev–Trinajstić information content (AvgIpc) is 3.10. The van der Waals surface area contributed by atoms with Crippen LogP contribution in [0.1, 0.15) is 53.9 Å². The summed E-state index contributed by atoms with van der Waals surface area (Å²) >= 11 is 6.11. The Kier molecular flexibility index (Phi) is 12.7. The van der Waals surface area contributed by atoms with Crippen LogP contribution in [0.15, 0.2) is 78.9 Å². The predicted octanol–water partition coefficient (Wildman–Crippen LogP) is 6.58. The minimum atomic E-state index is -1.64. The second kappa shape index (κ2) is 16.7. The minimum Gasteiger partial charge on any atom is -0.493 e. The number of hydrogen-bond acceptors (Lipinski definition) is 9. The SMILES string of the molecule is COCC(C)(NC(=O)OCc1ccccc1)c1cc(-c2ccc(F)c(Cl)c2)nc(C(C)(O)CCC(=O)c2ccc(OCCO)c(OC)c2)c1. The van der Waals surface area contributed by atoms with E-state index in [9.17, 15) is 19.1 Å². The summed E-state index contributed by atoms with van der Waals surface area (Å²) in [5.74, 6) is -0.161. The van der Waals surface area contributed by atoms with E-state index in [0.717, 1.165) is 5.56 Å². The number of alkyl carbamates (subject to hydrolysis) is 1. The molecule has 49 heavy (non-hydrogen) atoms. The van der Waals surface area contributed by atoms with Crippen LogP contribution in [0.2, 0.25) is 5.02 Å². The summed E-state index contributed by atoms with van der Waals surface area (Å²) < 4.78 is 35.9. The van der Waals surface area contributed by atoms with Gasteiger partial charge in [-0.05, 0) is 79.9 Å². The van der Waals surface area contributed by atoms with Crippen LogP contribution in [0.25, 0.3) is 11.3 Å². The molecule has 10 nitrogen and oxygen atoms in total. The summed E-state index contributed by atoms with van der Waals surface area (Å²) in [6.07, 6.45) is -0.783. The topological polar surface area (TPSA) is 136 Å². The Labute approximate surface area is 289 Å². The number of aliphatic hydroxyl groups is 2. The maximum Gasteiger partial charge on any atom is 0.408 e. The van der Waals surface area contributed by atoms with Crippen molar-refractivity contribution in [2.45, 2.75) is 44.4 Å². The number of nitrogens with one attached hydrogen (secondary N) is 1. The van der Waals surface area contributed by atoms with E-state index in [-0.39, 0.29) is 55.8 Å². The number of amides is 1. The first-order valence-electron chi connectivity index (χ1n) is 15.5. The summed E-state index contributed by atoms with van der Waals surface area (Å²) in [6.45, 7) is 3.22. The first-order chi connectivity index (χ1) is 23.4. The Morgan fingerprint density at radius 2 is 1.73 bits per heavy atom. The van der Waals surface area contributed by atoms with Crippen LogP contribution < -0.4 is 14.8 Å². The lowest BCUT2D eigenvalue weighted by molar-refractivity contribution is 0.0394. The van der Waals surface area contributed by atoms with Gasteiger partial charge in [0.15, 0.2) is 17.3 Å². The molecule has 2 atom stereocenters. The van der Waals surface area contributed by atoms with Crippen LogP contribution in [0.5, 0.6) is 11.5 Å². The summed E-state index contributed by atoms with van der Waals surface area (Å²) in [5, 5.41) is 23.6. The summed E-state index contributed by atoms with van der Waals surface area (Å²) in [6, 6.07) is 21.4. The van der Waals surface area contributed by atoms with E-state index in [1.165, 1.54) is 45.4 Å². The molecule has 12 heteroatoms. The van der Waals surface area contributed by atoms with Gasteiger partial charge in [-0.15, -0.1) is 0 Å². The summed E-state index contributed by atoms with van der Waals surface area (Å²) in [4.78, 5) is 31.0. The van der Waals surface area contributed by atoms with Gasteiger partial charge in [0.05, 0.1) is 42.3 Å². The summed E-state index contributed by atoms with van der Waals surface area (Å²) in [7, 11) is 2.93. The van der Waals surface area contributed by atoms with Crippen LogP contribution in [0.4, 0.5) is 9.18 Å². The van der Waals surface area contributed by atoms with Crippen molar-refractivity contribution in [3.63, 3.8) is 0 Å². The Morgan fingerprint density at radius 1 is 0.980 bits per heavy atom. The lowest BCUT2D eigenvalue weighted by atomic mass is 9.87. The molecule has 3 N–H and O–H groups in total. The molecule has 1 heterocycles. The first kappa shape index (κ1) is 37.3.